The summed E-state index contributed by atoms with van der Waals surface area (Å²) in [4.78, 5) is 39.3. The van der Waals surface area contributed by atoms with Crippen LogP contribution in [0.3, 0.4) is 0 Å². The molecule has 1 fully saturated rings. The van der Waals surface area contributed by atoms with Gasteiger partial charge in [0.2, 0.25) is 0 Å². The first-order valence-electron chi connectivity index (χ1n) is 9.86. The highest BCUT2D eigenvalue weighted by atomic mass is 16.3. The smallest absolute Gasteiger partial charge is 0.332 e. The van der Waals surface area contributed by atoms with E-state index in [-0.39, 0.29) is 23.6 Å². The third-order valence-corrected chi connectivity index (χ3v) is 5.59. The molecule has 12 nitrogen and oxygen atoms in total. The van der Waals surface area contributed by atoms with Crippen molar-refractivity contribution in [2.24, 2.45) is 20.0 Å². The molecule has 0 spiro atoms. The average Bonchev–Trinajstić information content (AvgIpc) is 3.43. The van der Waals surface area contributed by atoms with Gasteiger partial charge in [-0.1, -0.05) is 0 Å². The minimum absolute atomic E-state index is 0.135. The van der Waals surface area contributed by atoms with Crippen LogP contribution in [0.4, 0.5) is 0 Å². The Bertz CT molecular complexity index is 1170. The summed E-state index contributed by atoms with van der Waals surface area (Å²) in [6.07, 6.45) is 1.94. The van der Waals surface area contributed by atoms with Crippen molar-refractivity contribution >= 4 is 17.6 Å². The molecule has 1 aliphatic rings. The number of H-pyrrole nitrogens is 1. The monoisotopic (exact) mass is 433 g/mol. The molecule has 0 amide bonds. The summed E-state index contributed by atoms with van der Waals surface area (Å²) < 4.78 is 4.27. The van der Waals surface area contributed by atoms with Crippen LogP contribution in [0, 0.1) is 12.8 Å². The number of aromatic amines is 1. The third kappa shape index (κ3) is 4.59. The van der Waals surface area contributed by atoms with Crippen molar-refractivity contribution in [1.29, 1.82) is 0 Å². The molecule has 0 aliphatic carbocycles. The van der Waals surface area contributed by atoms with Crippen molar-refractivity contribution in [2.75, 3.05) is 19.6 Å². The standard InChI is InChI=1S/C18H25N7O3.CH2O2/c1-11-6-13(21-20-11)7-12-8-24(9-14(12)26)4-5-25-10-19-16-15(25)17(27)23(3)18(28)22(16)2;2-1-3/h6,10,12,14,26H,4-5,7-9H2,1-3H3,(H,20,21);1H,(H,2,3)/t12-,14-;/m1./s1. The number of aliphatic hydroxyl groups is 1. The number of likely N-dealkylation sites (tertiary alicyclic amines) is 1. The predicted molar refractivity (Wildman–Crippen MR) is 112 cm³/mol. The SMILES string of the molecule is Cc1cc(C[C@@H]2CN(CCn3cnc4c3c(=O)n(C)c(=O)n4C)C[C@H]2O)n[nH]1.O=CO. The summed E-state index contributed by atoms with van der Waals surface area (Å²) in [6.45, 7) is 4.33. The molecule has 0 bridgehead atoms. The zero-order valence-electron chi connectivity index (χ0n) is 17.7. The van der Waals surface area contributed by atoms with E-state index >= 15 is 0 Å². The van der Waals surface area contributed by atoms with Crippen LogP contribution in [-0.2, 0) is 31.9 Å². The van der Waals surface area contributed by atoms with Crippen LogP contribution in [0.15, 0.2) is 22.0 Å². The highest BCUT2D eigenvalue weighted by Crippen LogP contribution is 2.21. The molecule has 0 unspecified atom stereocenters. The summed E-state index contributed by atoms with van der Waals surface area (Å²) in [6, 6.07) is 2.01. The first-order chi connectivity index (χ1) is 14.8. The van der Waals surface area contributed by atoms with Gasteiger partial charge in [0.25, 0.3) is 12.0 Å². The molecule has 31 heavy (non-hydrogen) atoms. The summed E-state index contributed by atoms with van der Waals surface area (Å²) in [5.74, 6) is 0.135. The second-order valence-corrected chi connectivity index (χ2v) is 7.75. The number of fused-ring (bicyclic) bond motifs is 1. The lowest BCUT2D eigenvalue weighted by molar-refractivity contribution is -0.122. The van der Waals surface area contributed by atoms with Gasteiger partial charge in [0.15, 0.2) is 11.2 Å². The van der Waals surface area contributed by atoms with Crippen LogP contribution in [0.2, 0.25) is 0 Å². The first kappa shape index (κ1) is 22.4. The molecule has 0 aromatic carbocycles. The largest absolute Gasteiger partial charge is 0.483 e. The summed E-state index contributed by atoms with van der Waals surface area (Å²) >= 11 is 0. The van der Waals surface area contributed by atoms with E-state index in [9.17, 15) is 14.7 Å². The number of hydrogen-bond donors (Lipinski definition) is 3. The molecule has 1 saturated heterocycles. The number of rotatable bonds is 5. The van der Waals surface area contributed by atoms with Gasteiger partial charge in [-0.2, -0.15) is 5.10 Å². The lowest BCUT2D eigenvalue weighted by atomic mass is 10.0. The Hall–Kier alpha value is -3.25. The van der Waals surface area contributed by atoms with Crippen molar-refractivity contribution in [3.05, 3.63) is 44.6 Å². The van der Waals surface area contributed by atoms with Crippen LogP contribution < -0.4 is 11.2 Å². The second kappa shape index (κ2) is 9.27. The number of aromatic nitrogens is 6. The number of aryl methyl sites for hydroxylation is 2. The zero-order chi connectivity index (χ0) is 22.7. The van der Waals surface area contributed by atoms with Gasteiger partial charge in [-0.25, -0.2) is 9.78 Å². The summed E-state index contributed by atoms with van der Waals surface area (Å²) in [5, 5.41) is 24.5. The molecule has 4 rings (SSSR count). The maximum Gasteiger partial charge on any atom is 0.332 e. The minimum atomic E-state index is -0.398. The number of β-amino-alcohol motifs (C(OH)–C–C–N with tert-alkyl or cyclic N) is 1. The lowest BCUT2D eigenvalue weighted by Crippen LogP contribution is -2.37. The topological polar surface area (TPSA) is 151 Å². The Morgan fingerprint density at radius 2 is 1.94 bits per heavy atom. The fourth-order valence-electron chi connectivity index (χ4n) is 3.99. The Morgan fingerprint density at radius 1 is 1.23 bits per heavy atom. The van der Waals surface area contributed by atoms with Gasteiger partial charge < -0.3 is 14.8 Å². The summed E-state index contributed by atoms with van der Waals surface area (Å²) in [7, 11) is 3.08. The Balaban J connectivity index is 0.000000858. The van der Waals surface area contributed by atoms with Crippen molar-refractivity contribution in [3.63, 3.8) is 0 Å². The molecule has 3 aromatic heterocycles. The predicted octanol–water partition coefficient (Wildman–Crippen LogP) is -1.30. The number of imidazole rings is 1. The van der Waals surface area contributed by atoms with Crippen LogP contribution in [0.1, 0.15) is 11.4 Å². The third-order valence-electron chi connectivity index (χ3n) is 5.59. The van der Waals surface area contributed by atoms with Gasteiger partial charge in [0.1, 0.15) is 0 Å². The van der Waals surface area contributed by atoms with E-state index < -0.39 is 6.10 Å². The van der Waals surface area contributed by atoms with E-state index in [0.717, 1.165) is 28.9 Å². The van der Waals surface area contributed by atoms with Gasteiger partial charge >= 0.3 is 5.69 Å². The molecule has 168 valence electrons. The van der Waals surface area contributed by atoms with Crippen molar-refractivity contribution in [1.82, 2.24) is 33.8 Å². The minimum Gasteiger partial charge on any atom is -0.483 e. The van der Waals surface area contributed by atoms with Crippen LogP contribution in [0.5, 0.6) is 0 Å². The van der Waals surface area contributed by atoms with Gasteiger partial charge in [-0.05, 0) is 19.4 Å². The van der Waals surface area contributed by atoms with E-state index in [1.54, 1.807) is 17.9 Å². The molecular formula is C19H27N7O5. The molecule has 1 aliphatic heterocycles. The number of aliphatic hydroxyl groups excluding tert-OH is 1. The average molecular weight is 433 g/mol. The highest BCUT2D eigenvalue weighted by Gasteiger charge is 2.31. The van der Waals surface area contributed by atoms with Crippen LogP contribution in [-0.4, -0.2) is 76.2 Å². The first-order valence-corrected chi connectivity index (χ1v) is 9.86. The van der Waals surface area contributed by atoms with Crippen molar-refractivity contribution < 1.29 is 15.0 Å². The van der Waals surface area contributed by atoms with Gasteiger partial charge in [-0.3, -0.25) is 28.7 Å². The van der Waals surface area contributed by atoms with Crippen molar-refractivity contribution in [3.8, 4) is 0 Å². The maximum absolute atomic E-state index is 12.5. The van der Waals surface area contributed by atoms with E-state index in [1.165, 1.54) is 11.6 Å². The van der Waals surface area contributed by atoms with Crippen molar-refractivity contribution in [2.45, 2.75) is 26.0 Å². The van der Waals surface area contributed by atoms with E-state index in [0.29, 0.717) is 30.8 Å². The number of carbonyl (C=O) groups is 1. The number of nitrogens with one attached hydrogen (secondary N) is 1. The fraction of sp³-hybridized carbons (Fsp3) is 0.526. The second-order valence-electron chi connectivity index (χ2n) is 7.75. The van der Waals surface area contributed by atoms with Gasteiger partial charge in [0, 0.05) is 51.9 Å². The Labute approximate surface area is 177 Å². The Morgan fingerprint density at radius 3 is 2.58 bits per heavy atom. The van der Waals surface area contributed by atoms with E-state index in [1.807, 2.05) is 13.0 Å². The molecule has 3 N–H and O–H groups in total. The zero-order valence-corrected chi connectivity index (χ0v) is 17.7. The molecule has 4 heterocycles. The van der Waals surface area contributed by atoms with E-state index in [4.69, 9.17) is 9.90 Å². The fourth-order valence-corrected chi connectivity index (χ4v) is 3.99. The molecule has 12 heteroatoms. The van der Waals surface area contributed by atoms with Crippen LogP contribution >= 0.6 is 0 Å². The molecular weight excluding hydrogens is 406 g/mol. The number of hydrogen-bond acceptors (Lipinski definition) is 7. The highest BCUT2D eigenvalue weighted by molar-refractivity contribution is 5.69. The molecule has 3 aromatic rings. The molecule has 0 radical (unpaired) electrons. The molecule has 0 saturated carbocycles. The van der Waals surface area contributed by atoms with Gasteiger partial charge in [-0.15, -0.1) is 0 Å². The summed E-state index contributed by atoms with van der Waals surface area (Å²) in [5.41, 5.74) is 2.07. The quantitative estimate of drug-likeness (QED) is 0.420. The van der Waals surface area contributed by atoms with Gasteiger partial charge in [0.05, 0.1) is 18.1 Å². The van der Waals surface area contributed by atoms with Crippen LogP contribution in [0.25, 0.3) is 11.2 Å². The lowest BCUT2D eigenvalue weighted by Gasteiger charge is -2.16. The normalized spacial score (nSPS) is 18.8. The Kier molecular flexibility index (Phi) is 6.71. The number of carboxylic acid groups (broad SMARTS) is 1. The maximum atomic E-state index is 12.5. The number of nitrogens with zero attached hydrogens (tertiary/aromatic N) is 6. The van der Waals surface area contributed by atoms with E-state index in [2.05, 4.69) is 20.1 Å². The molecule has 2 atom stereocenters.